The fourth-order valence-electron chi connectivity index (χ4n) is 3.65. The zero-order chi connectivity index (χ0) is 17.1. The zero-order valence-corrected chi connectivity index (χ0v) is 14.6. The molecule has 2 heterocycles. The van der Waals surface area contributed by atoms with Crippen LogP contribution >= 0.6 is 0 Å². The maximum absolute atomic E-state index is 9.13. The van der Waals surface area contributed by atoms with Gasteiger partial charge in [-0.25, -0.2) is 0 Å². The summed E-state index contributed by atoms with van der Waals surface area (Å²) in [6.45, 7) is 6.78. The van der Waals surface area contributed by atoms with E-state index in [1.807, 2.05) is 29.9 Å². The number of aromatic nitrogens is 2. The lowest BCUT2D eigenvalue weighted by molar-refractivity contribution is 0.196. The summed E-state index contributed by atoms with van der Waals surface area (Å²) in [5.74, 6) is 0.671. The molecule has 5 nitrogen and oxygen atoms in total. The Labute approximate surface area is 143 Å². The van der Waals surface area contributed by atoms with Crippen LogP contribution < -0.4 is 4.74 Å². The molecule has 1 atom stereocenters. The predicted molar refractivity (Wildman–Crippen MR) is 92.9 cm³/mol. The molecule has 0 N–H and O–H groups in total. The molecule has 1 aromatic carbocycles. The number of hydrogen-bond donors (Lipinski definition) is 0. The van der Waals surface area contributed by atoms with Gasteiger partial charge in [0, 0.05) is 30.9 Å². The number of rotatable bonds is 5. The van der Waals surface area contributed by atoms with Crippen LogP contribution in [0, 0.1) is 25.2 Å². The van der Waals surface area contributed by atoms with Gasteiger partial charge in [0.15, 0.2) is 0 Å². The van der Waals surface area contributed by atoms with E-state index in [2.05, 4.69) is 29.9 Å². The lowest BCUT2D eigenvalue weighted by Crippen LogP contribution is -2.28. The summed E-state index contributed by atoms with van der Waals surface area (Å²) in [4.78, 5) is 2.48. The lowest BCUT2D eigenvalue weighted by Gasteiger charge is -2.25. The molecule has 5 heteroatoms. The highest BCUT2D eigenvalue weighted by Gasteiger charge is 2.30. The number of aryl methyl sites for hydroxylation is 2. The van der Waals surface area contributed by atoms with Crippen LogP contribution in [0.25, 0.3) is 0 Å². The summed E-state index contributed by atoms with van der Waals surface area (Å²) in [5, 5.41) is 13.7. The van der Waals surface area contributed by atoms with Crippen LogP contribution in [0.2, 0.25) is 0 Å². The Hall–Kier alpha value is -2.32. The van der Waals surface area contributed by atoms with E-state index in [-0.39, 0.29) is 0 Å². The molecular weight excluding hydrogens is 300 g/mol. The normalized spacial score (nSPS) is 17.8. The van der Waals surface area contributed by atoms with Crippen molar-refractivity contribution in [1.82, 2.24) is 14.7 Å². The van der Waals surface area contributed by atoms with E-state index >= 15 is 0 Å². The molecule has 1 aliphatic rings. The van der Waals surface area contributed by atoms with Crippen molar-refractivity contribution < 1.29 is 4.74 Å². The smallest absolute Gasteiger partial charge is 0.137 e. The van der Waals surface area contributed by atoms with Crippen molar-refractivity contribution in [3.63, 3.8) is 0 Å². The minimum Gasteiger partial charge on any atom is -0.491 e. The largest absolute Gasteiger partial charge is 0.491 e. The van der Waals surface area contributed by atoms with Crippen molar-refractivity contribution >= 4 is 0 Å². The Morgan fingerprint density at radius 1 is 1.33 bits per heavy atom. The van der Waals surface area contributed by atoms with Crippen molar-refractivity contribution in [3.05, 3.63) is 46.8 Å². The first-order chi connectivity index (χ1) is 11.6. The van der Waals surface area contributed by atoms with E-state index in [1.165, 1.54) is 24.1 Å². The van der Waals surface area contributed by atoms with Crippen molar-refractivity contribution in [2.45, 2.75) is 32.7 Å². The quantitative estimate of drug-likeness (QED) is 0.848. The molecule has 1 saturated heterocycles. The van der Waals surface area contributed by atoms with Crippen molar-refractivity contribution in [1.29, 1.82) is 5.26 Å². The third kappa shape index (κ3) is 3.15. The minimum atomic E-state index is 0.425. The van der Waals surface area contributed by atoms with Crippen molar-refractivity contribution in [3.8, 4) is 11.8 Å². The summed E-state index contributed by atoms with van der Waals surface area (Å²) >= 11 is 0. The van der Waals surface area contributed by atoms with Gasteiger partial charge in [0.05, 0.1) is 11.3 Å². The second-order valence-electron chi connectivity index (χ2n) is 6.36. The lowest BCUT2D eigenvalue weighted by atomic mass is 10.0. The number of ether oxygens (including phenoxy) is 1. The molecule has 0 spiro atoms. The van der Waals surface area contributed by atoms with Crippen LogP contribution in [0.5, 0.6) is 5.75 Å². The Morgan fingerprint density at radius 2 is 2.12 bits per heavy atom. The summed E-state index contributed by atoms with van der Waals surface area (Å²) in [6.07, 6.45) is 2.37. The molecule has 0 saturated carbocycles. The molecule has 1 aliphatic heterocycles. The highest BCUT2D eigenvalue weighted by Crippen LogP contribution is 2.35. The molecule has 0 aliphatic carbocycles. The molecule has 3 rings (SSSR count). The molecule has 2 aromatic rings. The van der Waals surface area contributed by atoms with Gasteiger partial charge in [0.2, 0.25) is 0 Å². The topological polar surface area (TPSA) is 54.1 Å². The summed E-state index contributed by atoms with van der Waals surface area (Å²) in [5.41, 5.74) is 4.34. The monoisotopic (exact) mass is 324 g/mol. The van der Waals surface area contributed by atoms with Crippen molar-refractivity contribution in [2.75, 3.05) is 19.7 Å². The molecule has 0 bridgehead atoms. The van der Waals surface area contributed by atoms with Crippen LogP contribution in [0.3, 0.4) is 0 Å². The maximum atomic E-state index is 9.13. The van der Waals surface area contributed by atoms with Gasteiger partial charge in [0.1, 0.15) is 18.4 Å². The average Bonchev–Trinajstić information content (AvgIpc) is 3.12. The molecule has 0 amide bonds. The molecule has 1 unspecified atom stereocenters. The van der Waals surface area contributed by atoms with Crippen LogP contribution in [0.1, 0.15) is 41.4 Å². The average molecular weight is 324 g/mol. The number of benzene rings is 1. The van der Waals surface area contributed by atoms with E-state index in [4.69, 9.17) is 10.00 Å². The van der Waals surface area contributed by atoms with Gasteiger partial charge in [0.25, 0.3) is 0 Å². The third-order valence-electron chi connectivity index (χ3n) is 4.91. The standard InChI is InChI=1S/C19H24N4O/c1-14-19(15(2)22(3)21-14)17-8-6-10-23(17)11-12-24-18-9-5-4-7-16(18)13-20/h4-5,7,9,17H,6,8,10-12H2,1-3H3. The van der Waals surface area contributed by atoms with E-state index in [0.717, 1.165) is 18.8 Å². The highest BCUT2D eigenvalue weighted by molar-refractivity contribution is 5.42. The molecule has 1 aromatic heterocycles. The van der Waals surface area contributed by atoms with Gasteiger partial charge < -0.3 is 4.74 Å². The molecule has 0 radical (unpaired) electrons. The molecule has 126 valence electrons. The number of nitrogens with zero attached hydrogens (tertiary/aromatic N) is 4. The molecular formula is C19H24N4O. The Kier molecular flexibility index (Phi) is 4.86. The van der Waals surface area contributed by atoms with Gasteiger partial charge in [-0.15, -0.1) is 0 Å². The minimum absolute atomic E-state index is 0.425. The van der Waals surface area contributed by atoms with E-state index in [1.54, 1.807) is 6.07 Å². The first-order valence-electron chi connectivity index (χ1n) is 8.48. The predicted octanol–water partition coefficient (Wildman–Crippen LogP) is 3.12. The van der Waals surface area contributed by atoms with Crippen LogP contribution in [0.15, 0.2) is 24.3 Å². The Morgan fingerprint density at radius 3 is 2.83 bits per heavy atom. The summed E-state index contributed by atoms with van der Waals surface area (Å²) in [7, 11) is 2.01. The van der Waals surface area contributed by atoms with E-state index in [9.17, 15) is 0 Å². The van der Waals surface area contributed by atoms with E-state index < -0.39 is 0 Å². The third-order valence-corrected chi connectivity index (χ3v) is 4.91. The fraction of sp³-hybridized carbons (Fsp3) is 0.474. The van der Waals surface area contributed by atoms with Crippen molar-refractivity contribution in [2.24, 2.45) is 7.05 Å². The Balaban J connectivity index is 1.66. The van der Waals surface area contributed by atoms with Gasteiger partial charge >= 0.3 is 0 Å². The highest BCUT2D eigenvalue weighted by atomic mass is 16.5. The van der Waals surface area contributed by atoms with Gasteiger partial charge in [-0.05, 0) is 45.4 Å². The summed E-state index contributed by atoms with van der Waals surface area (Å²) < 4.78 is 7.83. The molecule has 1 fully saturated rings. The first-order valence-corrected chi connectivity index (χ1v) is 8.48. The first kappa shape index (κ1) is 16.5. The SMILES string of the molecule is Cc1nn(C)c(C)c1C1CCCN1CCOc1ccccc1C#N. The van der Waals surface area contributed by atoms with Gasteiger partial charge in [-0.2, -0.15) is 10.4 Å². The zero-order valence-electron chi connectivity index (χ0n) is 14.6. The van der Waals surface area contributed by atoms with Crippen LogP contribution in [-0.2, 0) is 7.05 Å². The van der Waals surface area contributed by atoms with Gasteiger partial charge in [-0.3, -0.25) is 9.58 Å². The second-order valence-corrected chi connectivity index (χ2v) is 6.36. The molecule has 24 heavy (non-hydrogen) atoms. The second kappa shape index (κ2) is 7.06. The maximum Gasteiger partial charge on any atom is 0.137 e. The number of likely N-dealkylation sites (tertiary alicyclic amines) is 1. The Bertz CT molecular complexity index is 759. The van der Waals surface area contributed by atoms with E-state index in [0.29, 0.717) is 24.0 Å². The van der Waals surface area contributed by atoms with Crippen LogP contribution in [-0.4, -0.2) is 34.4 Å². The fourth-order valence-corrected chi connectivity index (χ4v) is 3.65. The van der Waals surface area contributed by atoms with Gasteiger partial charge in [-0.1, -0.05) is 12.1 Å². The summed E-state index contributed by atoms with van der Waals surface area (Å²) in [6, 6.07) is 10.0. The number of hydrogen-bond acceptors (Lipinski definition) is 4. The number of nitriles is 1. The van der Waals surface area contributed by atoms with Crippen LogP contribution in [0.4, 0.5) is 0 Å². The number of para-hydroxylation sites is 1.